The maximum Gasteiger partial charge on any atom is 0.311 e. The Labute approximate surface area is 127 Å². The van der Waals surface area contributed by atoms with Gasteiger partial charge >= 0.3 is 5.97 Å². The molecule has 1 heterocycles. The second-order valence-electron chi connectivity index (χ2n) is 4.82. The molecule has 0 radical (unpaired) electrons. The second kappa shape index (κ2) is 6.80. The molecule has 2 rings (SSSR count). The number of carboxylic acid groups (broad SMARTS) is 1. The third kappa shape index (κ3) is 3.66. The van der Waals surface area contributed by atoms with E-state index in [0.29, 0.717) is 17.9 Å². The van der Waals surface area contributed by atoms with Crippen molar-refractivity contribution in [3.05, 3.63) is 53.0 Å². The summed E-state index contributed by atoms with van der Waals surface area (Å²) in [6.45, 7) is 2.02. The third-order valence-corrected chi connectivity index (χ3v) is 3.18. The summed E-state index contributed by atoms with van der Waals surface area (Å²) < 4.78 is 10.3. The first-order valence-electron chi connectivity index (χ1n) is 6.71. The van der Waals surface area contributed by atoms with E-state index in [9.17, 15) is 9.59 Å². The van der Waals surface area contributed by atoms with Crippen LogP contribution in [0.5, 0.6) is 5.75 Å². The molecule has 22 heavy (non-hydrogen) atoms. The van der Waals surface area contributed by atoms with Crippen molar-refractivity contribution in [2.45, 2.75) is 19.9 Å². The van der Waals surface area contributed by atoms with E-state index >= 15 is 0 Å². The van der Waals surface area contributed by atoms with Crippen LogP contribution in [-0.4, -0.2) is 24.1 Å². The second-order valence-corrected chi connectivity index (χ2v) is 4.82. The molecule has 0 unspecified atom stereocenters. The van der Waals surface area contributed by atoms with Crippen LogP contribution in [0.15, 0.2) is 34.9 Å². The number of carbonyl (C=O) groups excluding carboxylic acids is 1. The maximum absolute atomic E-state index is 12.3. The number of aryl methyl sites for hydroxylation is 1. The van der Waals surface area contributed by atoms with Crippen LogP contribution in [0.25, 0.3) is 0 Å². The highest BCUT2D eigenvalue weighted by atomic mass is 16.5. The summed E-state index contributed by atoms with van der Waals surface area (Å²) >= 11 is 0. The Hall–Kier alpha value is -2.76. The lowest BCUT2D eigenvalue weighted by Gasteiger charge is -2.07. The highest BCUT2D eigenvalue weighted by Crippen LogP contribution is 2.18. The van der Waals surface area contributed by atoms with E-state index in [-0.39, 0.29) is 23.7 Å². The SMILES string of the molecule is COc1cccc(CNC(=O)c2c(C)coc2CC(=O)O)c1. The topological polar surface area (TPSA) is 88.8 Å². The van der Waals surface area contributed by atoms with Gasteiger partial charge in [0.2, 0.25) is 0 Å². The molecular weight excluding hydrogens is 286 g/mol. The first kappa shape index (κ1) is 15.6. The molecule has 2 N–H and O–H groups in total. The number of amides is 1. The summed E-state index contributed by atoms with van der Waals surface area (Å²) in [5, 5.41) is 11.6. The van der Waals surface area contributed by atoms with Crippen molar-refractivity contribution in [1.82, 2.24) is 5.32 Å². The molecule has 1 amide bonds. The van der Waals surface area contributed by atoms with Crippen molar-refractivity contribution in [2.24, 2.45) is 0 Å². The van der Waals surface area contributed by atoms with E-state index in [0.717, 1.165) is 5.56 Å². The van der Waals surface area contributed by atoms with Gasteiger partial charge in [-0.05, 0) is 24.6 Å². The number of carboxylic acids is 1. The van der Waals surface area contributed by atoms with Crippen molar-refractivity contribution in [2.75, 3.05) is 7.11 Å². The number of benzene rings is 1. The van der Waals surface area contributed by atoms with Crippen molar-refractivity contribution < 1.29 is 23.8 Å². The zero-order valence-electron chi connectivity index (χ0n) is 12.4. The summed E-state index contributed by atoms with van der Waals surface area (Å²) in [7, 11) is 1.57. The Morgan fingerprint density at radius 2 is 2.14 bits per heavy atom. The van der Waals surface area contributed by atoms with E-state index in [1.807, 2.05) is 24.3 Å². The van der Waals surface area contributed by atoms with Crippen molar-refractivity contribution in [1.29, 1.82) is 0 Å². The largest absolute Gasteiger partial charge is 0.497 e. The lowest BCUT2D eigenvalue weighted by Crippen LogP contribution is -2.24. The molecule has 0 fully saturated rings. The minimum Gasteiger partial charge on any atom is -0.497 e. The molecule has 0 bridgehead atoms. The molecular formula is C16H17NO5. The number of nitrogens with one attached hydrogen (secondary N) is 1. The van der Waals surface area contributed by atoms with Crippen LogP contribution >= 0.6 is 0 Å². The van der Waals surface area contributed by atoms with E-state index in [2.05, 4.69) is 5.32 Å². The average molecular weight is 303 g/mol. The number of methoxy groups -OCH3 is 1. The number of furan rings is 1. The van der Waals surface area contributed by atoms with E-state index in [4.69, 9.17) is 14.3 Å². The fourth-order valence-corrected chi connectivity index (χ4v) is 2.12. The lowest BCUT2D eigenvalue weighted by atomic mass is 10.1. The van der Waals surface area contributed by atoms with Gasteiger partial charge in [0.25, 0.3) is 5.91 Å². The van der Waals surface area contributed by atoms with Gasteiger partial charge in [0, 0.05) is 12.1 Å². The Morgan fingerprint density at radius 1 is 1.36 bits per heavy atom. The molecule has 0 aliphatic rings. The summed E-state index contributed by atoms with van der Waals surface area (Å²) in [6.07, 6.45) is 1.06. The molecule has 0 aliphatic carbocycles. The van der Waals surface area contributed by atoms with Gasteiger partial charge in [0.1, 0.15) is 17.9 Å². The van der Waals surface area contributed by atoms with Crippen LogP contribution in [0.2, 0.25) is 0 Å². The first-order chi connectivity index (χ1) is 10.5. The Morgan fingerprint density at radius 3 is 2.82 bits per heavy atom. The number of ether oxygens (including phenoxy) is 1. The van der Waals surface area contributed by atoms with Gasteiger partial charge in [0.15, 0.2) is 0 Å². The highest BCUT2D eigenvalue weighted by Gasteiger charge is 2.20. The number of aliphatic carboxylic acids is 1. The number of rotatable bonds is 6. The molecule has 0 saturated heterocycles. The van der Waals surface area contributed by atoms with Crippen molar-refractivity contribution in [3.63, 3.8) is 0 Å². The zero-order chi connectivity index (χ0) is 16.1. The van der Waals surface area contributed by atoms with Crippen LogP contribution in [0.1, 0.15) is 27.2 Å². The third-order valence-electron chi connectivity index (χ3n) is 3.18. The lowest BCUT2D eigenvalue weighted by molar-refractivity contribution is -0.136. The van der Waals surface area contributed by atoms with Crippen LogP contribution in [0.3, 0.4) is 0 Å². The van der Waals surface area contributed by atoms with Gasteiger partial charge in [0.05, 0.1) is 18.9 Å². The summed E-state index contributed by atoms with van der Waals surface area (Å²) in [4.78, 5) is 23.1. The van der Waals surface area contributed by atoms with Crippen molar-refractivity contribution in [3.8, 4) is 5.75 Å². The Balaban J connectivity index is 2.09. The van der Waals surface area contributed by atoms with Gasteiger partial charge < -0.3 is 19.6 Å². The molecule has 0 saturated carbocycles. The fourth-order valence-electron chi connectivity index (χ4n) is 2.12. The molecule has 0 aliphatic heterocycles. The van der Waals surface area contributed by atoms with Crippen molar-refractivity contribution >= 4 is 11.9 Å². The van der Waals surface area contributed by atoms with Gasteiger partial charge in [-0.25, -0.2) is 0 Å². The Bertz CT molecular complexity index is 690. The number of hydrogen-bond donors (Lipinski definition) is 2. The quantitative estimate of drug-likeness (QED) is 0.853. The van der Waals surface area contributed by atoms with Gasteiger partial charge in [-0.2, -0.15) is 0 Å². The van der Waals surface area contributed by atoms with Crippen LogP contribution in [0.4, 0.5) is 0 Å². The molecule has 6 nitrogen and oxygen atoms in total. The molecule has 0 spiro atoms. The van der Waals surface area contributed by atoms with Gasteiger partial charge in [-0.1, -0.05) is 12.1 Å². The average Bonchev–Trinajstić information content (AvgIpc) is 2.85. The van der Waals surface area contributed by atoms with Gasteiger partial charge in [-0.3, -0.25) is 9.59 Å². The van der Waals surface area contributed by atoms with E-state index in [1.165, 1.54) is 6.26 Å². The molecule has 6 heteroatoms. The summed E-state index contributed by atoms with van der Waals surface area (Å²) in [5.41, 5.74) is 1.78. The van der Waals surface area contributed by atoms with E-state index in [1.54, 1.807) is 14.0 Å². The standard InChI is InChI=1S/C16H17NO5/c1-10-9-22-13(7-14(18)19)15(10)16(20)17-8-11-4-3-5-12(6-11)21-2/h3-6,9H,7-8H2,1-2H3,(H,17,20)(H,18,19). The van der Waals surface area contributed by atoms with Crippen LogP contribution < -0.4 is 10.1 Å². The normalized spacial score (nSPS) is 10.3. The first-order valence-corrected chi connectivity index (χ1v) is 6.71. The Kier molecular flexibility index (Phi) is 4.83. The molecule has 1 aromatic carbocycles. The van der Waals surface area contributed by atoms with Crippen LogP contribution in [0, 0.1) is 6.92 Å². The fraction of sp³-hybridized carbons (Fsp3) is 0.250. The smallest absolute Gasteiger partial charge is 0.311 e. The minimum atomic E-state index is -1.05. The van der Waals surface area contributed by atoms with Crippen LogP contribution in [-0.2, 0) is 17.8 Å². The minimum absolute atomic E-state index is 0.160. The molecule has 2 aromatic rings. The predicted molar refractivity (Wildman–Crippen MR) is 78.9 cm³/mol. The maximum atomic E-state index is 12.3. The number of hydrogen-bond acceptors (Lipinski definition) is 4. The van der Waals surface area contributed by atoms with Gasteiger partial charge in [-0.15, -0.1) is 0 Å². The zero-order valence-corrected chi connectivity index (χ0v) is 12.4. The predicted octanol–water partition coefficient (Wildman–Crippen LogP) is 2.15. The molecule has 116 valence electrons. The van der Waals surface area contributed by atoms with E-state index < -0.39 is 5.97 Å². The highest BCUT2D eigenvalue weighted by molar-refractivity contribution is 5.97. The monoisotopic (exact) mass is 303 g/mol. The summed E-state index contributed by atoms with van der Waals surface area (Å²) in [6, 6.07) is 7.33. The molecule has 1 aromatic heterocycles. The summed E-state index contributed by atoms with van der Waals surface area (Å²) in [5.74, 6) is -0.535. The number of carbonyl (C=O) groups is 2. The molecule has 0 atom stereocenters.